The quantitative estimate of drug-likeness (QED) is 0.468. The lowest BCUT2D eigenvalue weighted by Gasteiger charge is -2.10. The second-order valence-corrected chi connectivity index (χ2v) is 9.35. The average Bonchev–Trinajstić information content (AvgIpc) is 3.14. The molecule has 2 heterocycles. The first-order valence-electron chi connectivity index (χ1n) is 8.41. The number of imide groups is 1. The molecule has 0 spiro atoms. The van der Waals surface area contributed by atoms with Crippen molar-refractivity contribution in [1.29, 1.82) is 0 Å². The van der Waals surface area contributed by atoms with Gasteiger partial charge in [-0.25, -0.2) is 8.42 Å². The zero-order valence-electron chi connectivity index (χ0n) is 15.6. The van der Waals surface area contributed by atoms with E-state index < -0.39 is 40.1 Å². The molecule has 0 radical (unpaired) electrons. The number of thiazole rings is 1. The first-order valence-corrected chi connectivity index (χ1v) is 11.1. The van der Waals surface area contributed by atoms with Crippen LogP contribution >= 0.6 is 11.3 Å². The van der Waals surface area contributed by atoms with Crippen LogP contribution in [0.5, 0.6) is 0 Å². The molecule has 1 aromatic carbocycles. The summed E-state index contributed by atoms with van der Waals surface area (Å²) in [5.74, 6) is -2.19. The zero-order chi connectivity index (χ0) is 21.3. The Kier molecular flexibility index (Phi) is 5.66. The minimum atomic E-state index is -3.45. The summed E-state index contributed by atoms with van der Waals surface area (Å²) in [5, 5.41) is 0. The molecular formula is C17H17N3O7S2. The third-order valence-electron chi connectivity index (χ3n) is 4.27. The molecule has 0 unspecified atom stereocenters. The van der Waals surface area contributed by atoms with Gasteiger partial charge in [-0.2, -0.15) is 4.99 Å². The average molecular weight is 439 g/mol. The maximum absolute atomic E-state index is 12.3. The van der Waals surface area contributed by atoms with Gasteiger partial charge in [-0.1, -0.05) is 11.3 Å². The van der Waals surface area contributed by atoms with Crippen LogP contribution in [0.2, 0.25) is 0 Å². The van der Waals surface area contributed by atoms with Gasteiger partial charge in [0.15, 0.2) is 14.6 Å². The molecule has 1 aromatic heterocycles. The summed E-state index contributed by atoms with van der Waals surface area (Å²) in [6, 6.07) is 4.34. The Morgan fingerprint density at radius 2 is 1.83 bits per heavy atom. The summed E-state index contributed by atoms with van der Waals surface area (Å²) in [6.07, 6.45) is 1.19. The standard InChI is InChI=1S/C17H17N3O7S2/c1-27-16(24)9-19-11-4-3-10(29(2,25)26)7-12(11)28-17(19)18-13(21)8-20-14(22)5-6-15(20)23/h3-4,7H,5-6,8-9H2,1-2H3. The third-order valence-corrected chi connectivity index (χ3v) is 6.42. The number of ether oxygens (including phenoxy) is 1. The molecule has 1 saturated heterocycles. The predicted octanol–water partition coefficient (Wildman–Crippen LogP) is -0.144. The van der Waals surface area contributed by atoms with E-state index in [1.165, 1.54) is 29.9 Å². The Hall–Kier alpha value is -2.86. The molecule has 3 rings (SSSR count). The number of hydrogen-bond donors (Lipinski definition) is 0. The number of likely N-dealkylation sites (tertiary alicyclic amines) is 1. The van der Waals surface area contributed by atoms with Gasteiger partial charge < -0.3 is 9.30 Å². The number of aromatic nitrogens is 1. The number of carbonyl (C=O) groups excluding carboxylic acids is 4. The summed E-state index contributed by atoms with van der Waals surface area (Å²) in [5.41, 5.74) is 0.493. The van der Waals surface area contributed by atoms with Crippen LogP contribution in [0.15, 0.2) is 28.1 Å². The molecule has 10 nitrogen and oxygen atoms in total. The summed E-state index contributed by atoms with van der Waals surface area (Å²) < 4.78 is 30.2. The topological polar surface area (TPSA) is 132 Å². The number of sulfone groups is 1. The molecule has 0 atom stereocenters. The van der Waals surface area contributed by atoms with Crippen molar-refractivity contribution in [3.8, 4) is 0 Å². The molecule has 1 aliphatic rings. The number of esters is 1. The lowest BCUT2D eigenvalue weighted by molar-refractivity contribution is -0.142. The lowest BCUT2D eigenvalue weighted by atomic mass is 10.3. The van der Waals surface area contributed by atoms with Gasteiger partial charge in [0.1, 0.15) is 13.1 Å². The highest BCUT2D eigenvalue weighted by Crippen LogP contribution is 2.22. The third kappa shape index (κ3) is 4.43. The monoisotopic (exact) mass is 439 g/mol. The van der Waals surface area contributed by atoms with Crippen LogP contribution in [0.3, 0.4) is 0 Å². The molecule has 1 fully saturated rings. The summed E-state index contributed by atoms with van der Waals surface area (Å²) >= 11 is 1.01. The largest absolute Gasteiger partial charge is 0.468 e. The lowest BCUT2D eigenvalue weighted by Crippen LogP contribution is -2.34. The second-order valence-electron chi connectivity index (χ2n) is 6.33. The number of methoxy groups -OCH3 is 1. The van der Waals surface area contributed by atoms with Gasteiger partial charge in [0, 0.05) is 19.1 Å². The molecule has 0 N–H and O–H groups in total. The Morgan fingerprint density at radius 3 is 2.41 bits per heavy atom. The van der Waals surface area contributed by atoms with Gasteiger partial charge in [0.25, 0.3) is 5.91 Å². The van der Waals surface area contributed by atoms with Gasteiger partial charge in [0.05, 0.1) is 22.2 Å². The van der Waals surface area contributed by atoms with E-state index in [2.05, 4.69) is 9.73 Å². The van der Waals surface area contributed by atoms with E-state index in [4.69, 9.17) is 0 Å². The van der Waals surface area contributed by atoms with Crippen LogP contribution < -0.4 is 4.80 Å². The van der Waals surface area contributed by atoms with Crippen LogP contribution in [0.1, 0.15) is 12.8 Å². The minimum absolute atomic E-state index is 0.0611. The molecule has 0 saturated carbocycles. The van der Waals surface area contributed by atoms with Gasteiger partial charge in [0.2, 0.25) is 11.8 Å². The molecular weight excluding hydrogens is 422 g/mol. The second kappa shape index (κ2) is 7.87. The van der Waals surface area contributed by atoms with Gasteiger partial charge >= 0.3 is 5.97 Å². The van der Waals surface area contributed by atoms with Gasteiger partial charge in [-0.05, 0) is 18.2 Å². The van der Waals surface area contributed by atoms with E-state index in [0.717, 1.165) is 22.5 Å². The van der Waals surface area contributed by atoms with Crippen LogP contribution in [0, 0.1) is 0 Å². The van der Waals surface area contributed by atoms with Crippen molar-refractivity contribution in [3.63, 3.8) is 0 Å². The molecule has 29 heavy (non-hydrogen) atoms. The maximum Gasteiger partial charge on any atom is 0.325 e. The normalized spacial score (nSPS) is 15.4. The van der Waals surface area contributed by atoms with Gasteiger partial charge in [-0.3, -0.25) is 24.1 Å². The summed E-state index contributed by atoms with van der Waals surface area (Å²) in [7, 11) is -2.24. The number of rotatable bonds is 5. The Bertz CT molecular complexity index is 1190. The van der Waals surface area contributed by atoms with Crippen molar-refractivity contribution in [3.05, 3.63) is 23.0 Å². The fraction of sp³-hybridized carbons (Fsp3) is 0.353. The molecule has 3 amide bonds. The summed E-state index contributed by atoms with van der Waals surface area (Å²) in [4.78, 5) is 52.5. The van der Waals surface area contributed by atoms with Crippen molar-refractivity contribution in [2.45, 2.75) is 24.3 Å². The van der Waals surface area contributed by atoms with Crippen molar-refractivity contribution < 1.29 is 32.3 Å². The molecule has 0 bridgehead atoms. The van der Waals surface area contributed by atoms with E-state index in [1.54, 1.807) is 0 Å². The number of benzene rings is 1. The minimum Gasteiger partial charge on any atom is -0.468 e. The molecule has 1 aliphatic heterocycles. The van der Waals surface area contributed by atoms with Crippen LogP contribution in [-0.4, -0.2) is 61.5 Å². The summed E-state index contributed by atoms with van der Waals surface area (Å²) in [6.45, 7) is -0.735. The Morgan fingerprint density at radius 1 is 1.17 bits per heavy atom. The SMILES string of the molecule is COC(=O)Cn1c(=NC(=O)CN2C(=O)CCC2=O)sc2cc(S(C)(=O)=O)ccc21. The zero-order valence-corrected chi connectivity index (χ0v) is 17.2. The number of carbonyl (C=O) groups is 4. The predicted molar refractivity (Wildman–Crippen MR) is 101 cm³/mol. The van der Waals surface area contributed by atoms with E-state index >= 15 is 0 Å². The van der Waals surface area contributed by atoms with Crippen molar-refractivity contribution in [2.75, 3.05) is 19.9 Å². The van der Waals surface area contributed by atoms with E-state index in [9.17, 15) is 27.6 Å². The van der Waals surface area contributed by atoms with Crippen LogP contribution in [-0.2, 0) is 40.3 Å². The van der Waals surface area contributed by atoms with Crippen molar-refractivity contribution in [2.24, 2.45) is 4.99 Å². The highest BCUT2D eigenvalue weighted by Gasteiger charge is 2.30. The number of fused-ring (bicyclic) bond motifs is 1. The Labute approximate surface area is 169 Å². The smallest absolute Gasteiger partial charge is 0.325 e. The number of hydrogen-bond acceptors (Lipinski definition) is 8. The number of nitrogens with zero attached hydrogens (tertiary/aromatic N) is 3. The van der Waals surface area contributed by atoms with E-state index in [-0.39, 0.29) is 29.1 Å². The highest BCUT2D eigenvalue weighted by atomic mass is 32.2. The van der Waals surface area contributed by atoms with E-state index in [1.807, 2.05) is 0 Å². The number of amides is 3. The first kappa shape index (κ1) is 20.9. The van der Waals surface area contributed by atoms with Crippen molar-refractivity contribution in [1.82, 2.24) is 9.47 Å². The highest BCUT2D eigenvalue weighted by molar-refractivity contribution is 7.90. The fourth-order valence-electron chi connectivity index (χ4n) is 2.79. The van der Waals surface area contributed by atoms with Crippen molar-refractivity contribution >= 4 is 55.1 Å². The molecule has 0 aliphatic carbocycles. The van der Waals surface area contributed by atoms with Crippen LogP contribution in [0.4, 0.5) is 0 Å². The molecule has 12 heteroatoms. The van der Waals surface area contributed by atoms with Gasteiger partial charge in [-0.15, -0.1) is 0 Å². The fourth-order valence-corrected chi connectivity index (χ4v) is 4.60. The Balaban J connectivity index is 2.06. The molecule has 154 valence electrons. The van der Waals surface area contributed by atoms with Crippen LogP contribution in [0.25, 0.3) is 10.2 Å². The maximum atomic E-state index is 12.3. The molecule has 2 aromatic rings. The van der Waals surface area contributed by atoms with E-state index in [0.29, 0.717) is 10.2 Å². The first-order chi connectivity index (χ1) is 13.6.